The number of hydrogen-bond acceptors (Lipinski definition) is 4. The number of sulfonamides is 1. The van der Waals surface area contributed by atoms with Crippen LogP contribution < -0.4 is 10.5 Å². The van der Waals surface area contributed by atoms with Gasteiger partial charge in [0.25, 0.3) is 0 Å². The molecule has 0 radical (unpaired) electrons. The van der Waals surface area contributed by atoms with Crippen molar-refractivity contribution in [2.45, 2.75) is 17.4 Å². The normalized spacial score (nSPS) is 12.9. The van der Waals surface area contributed by atoms with Gasteiger partial charge in [-0.15, -0.1) is 0 Å². The van der Waals surface area contributed by atoms with E-state index in [0.717, 1.165) is 18.2 Å². The van der Waals surface area contributed by atoms with Crippen LogP contribution in [0.4, 0.5) is 4.39 Å². The molecule has 0 saturated carbocycles. The minimum Gasteiger partial charge on any atom is -0.480 e. The molecule has 7 nitrogen and oxygen atoms in total. The van der Waals surface area contributed by atoms with E-state index in [1.165, 1.54) is 0 Å². The number of benzene rings is 1. The van der Waals surface area contributed by atoms with Gasteiger partial charge in [0.15, 0.2) is 0 Å². The molecule has 1 aromatic carbocycles. The topological polar surface area (TPSA) is 127 Å². The number of hydrogen-bond donors (Lipinski definition) is 3. The first-order chi connectivity index (χ1) is 9.13. The van der Waals surface area contributed by atoms with E-state index in [0.29, 0.717) is 0 Å². The Labute approximate surface area is 118 Å². The second kappa shape index (κ2) is 6.16. The molecular formula is C10H10ClFN2O5S. The molecule has 1 atom stereocenters. The standard InChI is InChI=1S/C10H10ClFN2O5S/c11-5-1-2-8(6(12)3-5)20(18,19)14-7(10(16)17)4-9(13)15/h1-3,7,14H,4H2,(H2,13,15)(H,16,17). The maximum atomic E-state index is 13.5. The zero-order valence-corrected chi connectivity index (χ0v) is 11.4. The van der Waals surface area contributed by atoms with Gasteiger partial charge in [-0.3, -0.25) is 9.59 Å². The zero-order chi connectivity index (χ0) is 15.5. The molecule has 0 heterocycles. The Hall–Kier alpha value is -1.71. The second-order valence-electron chi connectivity index (χ2n) is 3.76. The van der Waals surface area contributed by atoms with Crippen LogP contribution in [0.15, 0.2) is 23.1 Å². The van der Waals surface area contributed by atoms with Gasteiger partial charge in [0.05, 0.1) is 6.42 Å². The lowest BCUT2D eigenvalue weighted by molar-refractivity contribution is -0.140. The Bertz CT molecular complexity index is 649. The maximum Gasteiger partial charge on any atom is 0.322 e. The molecule has 0 aromatic heterocycles. The van der Waals surface area contributed by atoms with E-state index in [1.807, 2.05) is 0 Å². The van der Waals surface area contributed by atoms with E-state index in [1.54, 1.807) is 4.72 Å². The molecular weight excluding hydrogens is 315 g/mol. The summed E-state index contributed by atoms with van der Waals surface area (Å²) in [6.45, 7) is 0. The number of nitrogens with two attached hydrogens (primary N) is 1. The molecule has 0 aliphatic rings. The van der Waals surface area contributed by atoms with Crippen molar-refractivity contribution in [3.63, 3.8) is 0 Å². The lowest BCUT2D eigenvalue weighted by atomic mass is 10.2. The number of primary amides is 1. The van der Waals surface area contributed by atoms with Gasteiger partial charge in [-0.2, -0.15) is 4.72 Å². The molecule has 0 fully saturated rings. The van der Waals surface area contributed by atoms with Crippen LogP contribution in [0.5, 0.6) is 0 Å². The van der Waals surface area contributed by atoms with Gasteiger partial charge in [-0.05, 0) is 18.2 Å². The van der Waals surface area contributed by atoms with Gasteiger partial charge in [-0.1, -0.05) is 11.6 Å². The van der Waals surface area contributed by atoms with Gasteiger partial charge in [0, 0.05) is 5.02 Å². The van der Waals surface area contributed by atoms with Gasteiger partial charge in [0.2, 0.25) is 15.9 Å². The number of halogens is 2. The molecule has 1 amide bonds. The third kappa shape index (κ3) is 4.15. The maximum absolute atomic E-state index is 13.5. The van der Waals surface area contributed by atoms with Crippen molar-refractivity contribution in [3.05, 3.63) is 29.0 Å². The van der Waals surface area contributed by atoms with Crippen LogP contribution in [-0.2, 0) is 19.6 Å². The van der Waals surface area contributed by atoms with Crippen LogP contribution in [0, 0.1) is 5.82 Å². The highest BCUT2D eigenvalue weighted by atomic mass is 35.5. The first-order valence-electron chi connectivity index (χ1n) is 5.12. The van der Waals surface area contributed by atoms with Crippen LogP contribution in [0.25, 0.3) is 0 Å². The zero-order valence-electron chi connectivity index (χ0n) is 9.84. The van der Waals surface area contributed by atoms with Gasteiger partial charge < -0.3 is 10.8 Å². The van der Waals surface area contributed by atoms with E-state index >= 15 is 0 Å². The summed E-state index contributed by atoms with van der Waals surface area (Å²) in [5.74, 6) is -3.77. The quantitative estimate of drug-likeness (QED) is 0.683. The number of amides is 1. The third-order valence-corrected chi connectivity index (χ3v) is 3.92. The van der Waals surface area contributed by atoms with E-state index in [-0.39, 0.29) is 5.02 Å². The van der Waals surface area contributed by atoms with Crippen LogP contribution >= 0.6 is 11.6 Å². The van der Waals surface area contributed by atoms with Gasteiger partial charge in [0.1, 0.15) is 16.8 Å². The number of aliphatic carboxylic acids is 1. The summed E-state index contributed by atoms with van der Waals surface area (Å²) in [7, 11) is -4.47. The van der Waals surface area contributed by atoms with Crippen LogP contribution in [0.3, 0.4) is 0 Å². The summed E-state index contributed by atoms with van der Waals surface area (Å²) in [5.41, 5.74) is 4.81. The molecule has 4 N–H and O–H groups in total. The highest BCUT2D eigenvalue weighted by Gasteiger charge is 2.28. The number of nitrogens with one attached hydrogen (secondary N) is 1. The fraction of sp³-hybridized carbons (Fsp3) is 0.200. The van der Waals surface area contributed by atoms with Crippen molar-refractivity contribution in [1.29, 1.82) is 0 Å². The van der Waals surface area contributed by atoms with Gasteiger partial charge >= 0.3 is 5.97 Å². The average Bonchev–Trinajstić information content (AvgIpc) is 2.26. The SMILES string of the molecule is NC(=O)CC(NS(=O)(=O)c1ccc(Cl)cc1F)C(=O)O. The molecule has 0 bridgehead atoms. The summed E-state index contributed by atoms with van der Waals surface area (Å²) in [4.78, 5) is 20.7. The van der Waals surface area contributed by atoms with E-state index in [9.17, 15) is 22.4 Å². The molecule has 110 valence electrons. The van der Waals surface area contributed by atoms with E-state index in [2.05, 4.69) is 0 Å². The Morgan fingerprint density at radius 1 is 1.45 bits per heavy atom. The summed E-state index contributed by atoms with van der Waals surface area (Å²) in [6.07, 6.45) is -0.760. The first-order valence-corrected chi connectivity index (χ1v) is 6.98. The monoisotopic (exact) mass is 324 g/mol. The number of carboxylic acids is 1. The number of carboxylic acid groups (broad SMARTS) is 1. The summed E-state index contributed by atoms with van der Waals surface area (Å²) < 4.78 is 38.9. The predicted octanol–water partition coefficient (Wildman–Crippen LogP) is 0.0860. The average molecular weight is 325 g/mol. The van der Waals surface area contributed by atoms with Crippen LogP contribution in [0.2, 0.25) is 5.02 Å². The Kier molecular flexibility index (Phi) is 5.03. The highest BCUT2D eigenvalue weighted by Crippen LogP contribution is 2.19. The van der Waals surface area contributed by atoms with Crippen molar-refractivity contribution in [3.8, 4) is 0 Å². The number of carbonyl (C=O) groups excluding carboxylic acids is 1. The Morgan fingerprint density at radius 3 is 2.50 bits per heavy atom. The van der Waals surface area contributed by atoms with Crippen molar-refractivity contribution in [2.24, 2.45) is 5.73 Å². The number of rotatable bonds is 6. The van der Waals surface area contributed by atoms with Crippen molar-refractivity contribution >= 4 is 33.5 Å². The molecule has 1 rings (SSSR count). The van der Waals surface area contributed by atoms with E-state index in [4.69, 9.17) is 22.4 Å². The van der Waals surface area contributed by atoms with Crippen molar-refractivity contribution < 1.29 is 27.5 Å². The van der Waals surface area contributed by atoms with Crippen molar-refractivity contribution in [2.75, 3.05) is 0 Å². The second-order valence-corrected chi connectivity index (χ2v) is 5.88. The van der Waals surface area contributed by atoms with E-state index < -0.39 is 45.1 Å². The molecule has 20 heavy (non-hydrogen) atoms. The highest BCUT2D eigenvalue weighted by molar-refractivity contribution is 7.89. The fourth-order valence-electron chi connectivity index (χ4n) is 1.32. The molecule has 1 aromatic rings. The smallest absolute Gasteiger partial charge is 0.322 e. The largest absolute Gasteiger partial charge is 0.480 e. The minimum absolute atomic E-state index is 0.0200. The molecule has 10 heteroatoms. The van der Waals surface area contributed by atoms with Crippen LogP contribution in [0.1, 0.15) is 6.42 Å². The van der Waals surface area contributed by atoms with Gasteiger partial charge in [-0.25, -0.2) is 12.8 Å². The van der Waals surface area contributed by atoms with Crippen LogP contribution in [-0.4, -0.2) is 31.4 Å². The molecule has 0 spiro atoms. The lowest BCUT2D eigenvalue weighted by Gasteiger charge is -2.13. The van der Waals surface area contributed by atoms with Crippen molar-refractivity contribution in [1.82, 2.24) is 4.72 Å². The fourth-order valence-corrected chi connectivity index (χ4v) is 2.73. The molecule has 0 aliphatic heterocycles. The predicted molar refractivity (Wildman–Crippen MR) is 67.0 cm³/mol. The molecule has 1 unspecified atom stereocenters. The first kappa shape index (κ1) is 16.3. The Balaban J connectivity index is 3.09. The number of carbonyl (C=O) groups is 2. The molecule has 0 aliphatic carbocycles. The lowest BCUT2D eigenvalue weighted by Crippen LogP contribution is -2.43. The summed E-state index contributed by atoms with van der Waals surface area (Å²) >= 11 is 5.48. The minimum atomic E-state index is -4.47. The molecule has 0 saturated heterocycles. The third-order valence-electron chi connectivity index (χ3n) is 2.18. The summed E-state index contributed by atoms with van der Waals surface area (Å²) in [6, 6.07) is 0.985. The summed E-state index contributed by atoms with van der Waals surface area (Å²) in [5, 5.41) is 8.78. The Morgan fingerprint density at radius 2 is 2.05 bits per heavy atom.